The molecule has 0 spiro atoms. The summed E-state index contributed by atoms with van der Waals surface area (Å²) in [7, 11) is 0. The van der Waals surface area contributed by atoms with Crippen molar-refractivity contribution >= 4 is 33.1 Å². The second-order valence-electron chi connectivity index (χ2n) is 6.86. The van der Waals surface area contributed by atoms with E-state index >= 15 is 0 Å². The summed E-state index contributed by atoms with van der Waals surface area (Å²) in [5.41, 5.74) is 2.21. The van der Waals surface area contributed by atoms with Crippen molar-refractivity contribution in [3.8, 4) is 11.1 Å². The quantitative estimate of drug-likeness (QED) is 0.428. The van der Waals surface area contributed by atoms with Crippen LogP contribution in [0.15, 0.2) is 109 Å². The molecule has 0 saturated carbocycles. The zero-order chi connectivity index (χ0) is 18.8. The van der Waals surface area contributed by atoms with E-state index in [0.717, 1.165) is 27.0 Å². The van der Waals surface area contributed by atoms with Gasteiger partial charge in [0.15, 0.2) is 0 Å². The monoisotopic (exact) mass is 389 g/mol. The van der Waals surface area contributed by atoms with Gasteiger partial charge in [-0.1, -0.05) is 0 Å². The van der Waals surface area contributed by atoms with Crippen molar-refractivity contribution in [3.63, 3.8) is 0 Å². The molecule has 27 heavy (non-hydrogen) atoms. The van der Waals surface area contributed by atoms with Crippen LogP contribution in [0.25, 0.3) is 11.1 Å². The number of rotatable bonds is 4. The van der Waals surface area contributed by atoms with E-state index in [0.29, 0.717) is 0 Å². The third-order valence-electron chi connectivity index (χ3n) is 5.19. The Hall–Kier alpha value is -2.47. The number of halogens is 1. The predicted octanol–water partition coefficient (Wildman–Crippen LogP) is 5.36. The van der Waals surface area contributed by atoms with E-state index in [1.54, 1.807) is 6.20 Å². The van der Waals surface area contributed by atoms with Crippen molar-refractivity contribution in [1.82, 2.24) is 4.98 Å². The maximum atomic E-state index is 7.84. The maximum absolute atomic E-state index is 7.84. The van der Waals surface area contributed by atoms with E-state index in [9.17, 15) is 0 Å². The van der Waals surface area contributed by atoms with Gasteiger partial charge in [0.05, 0.1) is 0 Å². The molecule has 1 heterocycles. The predicted molar refractivity (Wildman–Crippen MR) is 120 cm³/mol. The van der Waals surface area contributed by atoms with E-state index in [4.69, 9.17) is 11.2 Å². The van der Waals surface area contributed by atoms with Crippen molar-refractivity contribution in [2.24, 2.45) is 0 Å². The Morgan fingerprint density at radius 2 is 1.22 bits per heavy atom. The third-order valence-corrected chi connectivity index (χ3v) is 11.5. The second-order valence-corrected chi connectivity index (χ2v) is 13.8. The number of nitrogens with zero attached hydrogens (tertiary/aromatic N) is 1. The Bertz CT molecular complexity index is 1000. The van der Waals surface area contributed by atoms with Gasteiger partial charge in [0.1, 0.15) is 0 Å². The van der Waals surface area contributed by atoms with Crippen LogP contribution >= 0.6 is 17.2 Å². The van der Waals surface area contributed by atoms with Crippen molar-refractivity contribution in [3.05, 3.63) is 109 Å². The minimum absolute atomic E-state index is 1.08. The summed E-state index contributed by atoms with van der Waals surface area (Å²) in [5.74, 6) is -3.17. The molecular weight excluding hydrogens is 369 g/mol. The standard InChI is InChI=1S/C24H21ClNP/c1-27(25,21-12-4-2-5-13-21,22-14-6-3-7-15-22)24-17-9-8-16-23(24)20-11-10-18-26-19-20/h2-19H,1H3. The van der Waals surface area contributed by atoms with Crippen LogP contribution in [0.3, 0.4) is 0 Å². The molecule has 0 N–H and O–H groups in total. The van der Waals surface area contributed by atoms with Crippen LogP contribution in [0.1, 0.15) is 0 Å². The molecule has 0 atom stereocenters. The Balaban J connectivity index is 2.09. The van der Waals surface area contributed by atoms with Gasteiger partial charge < -0.3 is 0 Å². The first-order valence-corrected chi connectivity index (χ1v) is 12.5. The first kappa shape index (κ1) is 17.9. The summed E-state index contributed by atoms with van der Waals surface area (Å²) in [6, 6.07) is 33.5. The van der Waals surface area contributed by atoms with Gasteiger partial charge in [0.25, 0.3) is 0 Å². The number of hydrogen-bond donors (Lipinski definition) is 0. The summed E-state index contributed by atoms with van der Waals surface area (Å²) < 4.78 is 0. The molecule has 4 aromatic rings. The van der Waals surface area contributed by atoms with Crippen LogP contribution in [0.2, 0.25) is 0 Å². The normalized spacial score (nSPS) is 12.9. The van der Waals surface area contributed by atoms with Gasteiger partial charge in [-0.2, -0.15) is 0 Å². The molecule has 1 nitrogen and oxygen atoms in total. The van der Waals surface area contributed by atoms with Crippen LogP contribution in [-0.4, -0.2) is 11.6 Å². The zero-order valence-electron chi connectivity index (χ0n) is 15.2. The average Bonchev–Trinajstić information content (AvgIpc) is 2.76. The SMILES string of the molecule is CP(Cl)(c1ccccc1)(c1ccccc1)c1ccccc1-c1cccnc1. The number of pyridine rings is 1. The van der Waals surface area contributed by atoms with Gasteiger partial charge in [-0.15, -0.1) is 0 Å². The van der Waals surface area contributed by atoms with E-state index < -0.39 is 5.96 Å². The van der Waals surface area contributed by atoms with Crippen molar-refractivity contribution in [1.29, 1.82) is 0 Å². The summed E-state index contributed by atoms with van der Waals surface area (Å²) in [4.78, 5) is 4.32. The molecule has 1 aromatic heterocycles. The molecule has 0 aliphatic rings. The topological polar surface area (TPSA) is 12.9 Å². The fourth-order valence-corrected chi connectivity index (χ4v) is 8.65. The van der Waals surface area contributed by atoms with Crippen LogP contribution in [0.4, 0.5) is 0 Å². The van der Waals surface area contributed by atoms with E-state index in [-0.39, 0.29) is 0 Å². The molecule has 0 fully saturated rings. The Morgan fingerprint density at radius 1 is 0.667 bits per heavy atom. The molecule has 4 rings (SSSR count). The van der Waals surface area contributed by atoms with Gasteiger partial charge >= 0.3 is 165 Å². The minimum atomic E-state index is -3.17. The van der Waals surface area contributed by atoms with Crippen LogP contribution in [0, 0.1) is 0 Å². The van der Waals surface area contributed by atoms with Crippen LogP contribution in [-0.2, 0) is 0 Å². The number of aromatic nitrogens is 1. The molecule has 0 unspecified atom stereocenters. The molecular formula is C24H21ClNP. The zero-order valence-corrected chi connectivity index (χ0v) is 16.8. The molecule has 0 radical (unpaired) electrons. The van der Waals surface area contributed by atoms with Gasteiger partial charge in [-0.3, -0.25) is 0 Å². The fraction of sp³-hybridized carbons (Fsp3) is 0.0417. The van der Waals surface area contributed by atoms with Crippen LogP contribution in [0.5, 0.6) is 0 Å². The Labute approximate surface area is 165 Å². The van der Waals surface area contributed by atoms with E-state index in [2.05, 4.69) is 90.5 Å². The van der Waals surface area contributed by atoms with Crippen LogP contribution < -0.4 is 15.9 Å². The number of hydrogen-bond acceptors (Lipinski definition) is 1. The molecule has 0 amide bonds. The summed E-state index contributed by atoms with van der Waals surface area (Å²) in [5, 5.41) is 3.48. The van der Waals surface area contributed by atoms with Gasteiger partial charge in [-0.25, -0.2) is 0 Å². The molecule has 0 aliphatic carbocycles. The third kappa shape index (κ3) is 2.98. The molecule has 134 valence electrons. The molecule has 0 bridgehead atoms. The average molecular weight is 390 g/mol. The summed E-state index contributed by atoms with van der Waals surface area (Å²) in [6.07, 6.45) is 3.70. The van der Waals surface area contributed by atoms with Crippen molar-refractivity contribution < 1.29 is 0 Å². The van der Waals surface area contributed by atoms with Gasteiger partial charge in [-0.05, 0) is 0 Å². The number of benzene rings is 3. The van der Waals surface area contributed by atoms with Crippen molar-refractivity contribution in [2.45, 2.75) is 0 Å². The molecule has 3 aromatic carbocycles. The molecule has 0 aliphatic heterocycles. The first-order chi connectivity index (χ1) is 13.1. The van der Waals surface area contributed by atoms with E-state index in [1.807, 2.05) is 24.4 Å². The van der Waals surface area contributed by atoms with E-state index in [1.165, 1.54) is 0 Å². The fourth-order valence-electron chi connectivity index (χ4n) is 3.70. The summed E-state index contributed by atoms with van der Waals surface area (Å²) in [6.45, 7) is 2.23. The van der Waals surface area contributed by atoms with Crippen molar-refractivity contribution in [2.75, 3.05) is 6.66 Å². The summed E-state index contributed by atoms with van der Waals surface area (Å²) >= 11 is 7.84. The van der Waals surface area contributed by atoms with Gasteiger partial charge in [0, 0.05) is 0 Å². The van der Waals surface area contributed by atoms with Gasteiger partial charge in [0.2, 0.25) is 0 Å². The molecule has 3 heteroatoms. The Kier molecular flexibility index (Phi) is 4.60. The first-order valence-electron chi connectivity index (χ1n) is 8.95. The molecule has 0 saturated heterocycles. The Morgan fingerprint density at radius 3 is 1.78 bits per heavy atom. The second kappa shape index (κ2) is 6.93.